The average molecular weight is 343 g/mol. The topological polar surface area (TPSA) is 40.2 Å². The van der Waals surface area contributed by atoms with E-state index in [1.807, 2.05) is 0 Å². The molecule has 0 N–H and O–H groups in total. The number of fused-ring (bicyclic) bond motifs is 1. The quantitative estimate of drug-likeness (QED) is 0.781. The van der Waals surface area contributed by atoms with Crippen LogP contribution in [0.15, 0.2) is 12.1 Å². The Morgan fingerprint density at radius 1 is 1.20 bits per heavy atom. The van der Waals surface area contributed by atoms with E-state index in [0.717, 1.165) is 43.7 Å². The zero-order valence-corrected chi connectivity index (χ0v) is 14.9. The van der Waals surface area contributed by atoms with Crippen LogP contribution in [-0.2, 0) is 21.3 Å². The molecule has 2 spiro atoms. The number of piperidine rings is 1. The number of hydrogen-bond donors (Lipinski definition) is 0. The number of likely N-dealkylation sites (tertiary alicyclic amines) is 1. The lowest BCUT2D eigenvalue weighted by Crippen LogP contribution is -2.69. The Morgan fingerprint density at radius 3 is 2.84 bits per heavy atom. The van der Waals surface area contributed by atoms with Gasteiger partial charge in [0.2, 0.25) is 5.79 Å². The minimum atomic E-state index is -0.574. The Kier molecular flexibility index (Phi) is 2.79. The van der Waals surface area contributed by atoms with Gasteiger partial charge in [-0.3, -0.25) is 0 Å². The van der Waals surface area contributed by atoms with Crippen LogP contribution in [0.5, 0.6) is 11.5 Å². The summed E-state index contributed by atoms with van der Waals surface area (Å²) in [6.07, 6.45) is 4.24. The summed E-state index contributed by atoms with van der Waals surface area (Å²) in [5.74, 6) is 1.84. The van der Waals surface area contributed by atoms with Gasteiger partial charge in [-0.1, -0.05) is 6.07 Å². The smallest absolute Gasteiger partial charge is 0.206 e. The summed E-state index contributed by atoms with van der Waals surface area (Å²) in [4.78, 5) is 2.56. The van der Waals surface area contributed by atoms with Crippen molar-refractivity contribution in [1.29, 1.82) is 0 Å². The second-order valence-corrected chi connectivity index (χ2v) is 8.33. The van der Waals surface area contributed by atoms with Gasteiger partial charge in [0.25, 0.3) is 0 Å². The number of rotatable bonds is 1. The van der Waals surface area contributed by atoms with Gasteiger partial charge in [-0.2, -0.15) is 0 Å². The summed E-state index contributed by atoms with van der Waals surface area (Å²) in [7, 11) is 4.02. The van der Waals surface area contributed by atoms with Crippen molar-refractivity contribution in [3.8, 4) is 11.5 Å². The van der Waals surface area contributed by atoms with Crippen molar-refractivity contribution in [2.75, 3.05) is 33.9 Å². The van der Waals surface area contributed by atoms with Crippen molar-refractivity contribution in [3.05, 3.63) is 23.3 Å². The van der Waals surface area contributed by atoms with Crippen molar-refractivity contribution in [1.82, 2.24) is 4.90 Å². The zero-order chi connectivity index (χ0) is 16.8. The molecule has 2 aliphatic carbocycles. The third-order valence-electron chi connectivity index (χ3n) is 7.58. The summed E-state index contributed by atoms with van der Waals surface area (Å²) < 4.78 is 24.8. The molecule has 1 unspecified atom stereocenters. The first-order valence-electron chi connectivity index (χ1n) is 9.55. The number of ether oxygens (including phenoxy) is 4. The Bertz CT molecular complexity index is 743. The summed E-state index contributed by atoms with van der Waals surface area (Å²) in [6.45, 7) is 2.45. The van der Waals surface area contributed by atoms with Crippen molar-refractivity contribution in [2.24, 2.45) is 5.92 Å². The maximum Gasteiger partial charge on any atom is 0.206 e. The highest BCUT2D eigenvalue weighted by atomic mass is 16.8. The van der Waals surface area contributed by atoms with E-state index in [1.165, 1.54) is 11.1 Å². The van der Waals surface area contributed by atoms with Crippen LogP contribution < -0.4 is 9.47 Å². The van der Waals surface area contributed by atoms with E-state index in [1.54, 1.807) is 7.11 Å². The molecule has 1 saturated carbocycles. The summed E-state index contributed by atoms with van der Waals surface area (Å²) in [5, 5.41) is 0. The lowest BCUT2D eigenvalue weighted by atomic mass is 9.50. The van der Waals surface area contributed by atoms with Crippen LogP contribution in [0.1, 0.15) is 30.4 Å². The van der Waals surface area contributed by atoms with Gasteiger partial charge in [-0.25, -0.2) is 0 Å². The predicted molar refractivity (Wildman–Crippen MR) is 91.2 cm³/mol. The minimum absolute atomic E-state index is 0.0111. The van der Waals surface area contributed by atoms with E-state index in [4.69, 9.17) is 18.9 Å². The van der Waals surface area contributed by atoms with Crippen LogP contribution in [0.2, 0.25) is 0 Å². The molecule has 3 heterocycles. The van der Waals surface area contributed by atoms with Crippen LogP contribution in [0.4, 0.5) is 0 Å². The van der Waals surface area contributed by atoms with Crippen LogP contribution >= 0.6 is 0 Å². The molecule has 3 fully saturated rings. The lowest BCUT2D eigenvalue weighted by Gasteiger charge is -2.60. The fourth-order valence-electron chi connectivity index (χ4n) is 6.63. The van der Waals surface area contributed by atoms with Crippen LogP contribution in [-0.4, -0.2) is 56.7 Å². The summed E-state index contributed by atoms with van der Waals surface area (Å²) >= 11 is 0. The van der Waals surface area contributed by atoms with Crippen LogP contribution in [0.3, 0.4) is 0 Å². The molecule has 1 aromatic rings. The fraction of sp³-hybridized carbons (Fsp3) is 0.700. The first kappa shape index (κ1) is 14.8. The van der Waals surface area contributed by atoms with Gasteiger partial charge in [0.1, 0.15) is 0 Å². The van der Waals surface area contributed by atoms with Gasteiger partial charge in [0.05, 0.1) is 20.3 Å². The SMILES string of the molecule is COc1ccc2c3c1O[C@@H]1C4(CC[C@@H]5C(C2)N(C)CC[C@]351)OCCO4. The number of nitrogens with zero attached hydrogens (tertiary/aromatic N) is 1. The minimum Gasteiger partial charge on any atom is -0.493 e. The molecule has 1 aromatic carbocycles. The Hall–Kier alpha value is -1.30. The van der Waals surface area contributed by atoms with Crippen molar-refractivity contribution < 1.29 is 18.9 Å². The monoisotopic (exact) mass is 343 g/mol. The predicted octanol–water partition coefficient (Wildman–Crippen LogP) is 2.11. The maximum atomic E-state index is 6.68. The lowest BCUT2D eigenvalue weighted by molar-refractivity contribution is -0.260. The summed E-state index contributed by atoms with van der Waals surface area (Å²) in [6, 6.07) is 4.91. The van der Waals surface area contributed by atoms with Gasteiger partial charge >= 0.3 is 0 Å². The van der Waals surface area contributed by atoms with E-state index in [0.29, 0.717) is 25.2 Å². The van der Waals surface area contributed by atoms with Crippen molar-refractivity contribution in [2.45, 2.75) is 49.0 Å². The maximum absolute atomic E-state index is 6.68. The summed E-state index contributed by atoms with van der Waals surface area (Å²) in [5.41, 5.74) is 2.85. The van der Waals surface area contributed by atoms with Gasteiger partial charge < -0.3 is 23.8 Å². The molecule has 5 nitrogen and oxygen atoms in total. The van der Waals surface area contributed by atoms with Crippen LogP contribution in [0, 0.1) is 5.92 Å². The number of likely N-dealkylation sites (N-methyl/N-ethyl adjacent to an activating group) is 1. The van der Waals surface area contributed by atoms with Crippen molar-refractivity contribution >= 4 is 0 Å². The molecule has 5 aliphatic rings. The average Bonchev–Trinajstić information content (AvgIpc) is 3.23. The molecule has 2 saturated heterocycles. The first-order valence-corrected chi connectivity index (χ1v) is 9.55. The van der Waals surface area contributed by atoms with Crippen molar-refractivity contribution in [3.63, 3.8) is 0 Å². The van der Waals surface area contributed by atoms with Gasteiger partial charge in [0, 0.05) is 23.4 Å². The van der Waals surface area contributed by atoms with Crippen LogP contribution in [0.25, 0.3) is 0 Å². The Balaban J connectivity index is 1.62. The van der Waals surface area contributed by atoms with Gasteiger partial charge in [-0.05, 0) is 50.4 Å². The molecule has 0 aromatic heterocycles. The molecule has 134 valence electrons. The van der Waals surface area contributed by atoms with E-state index in [9.17, 15) is 0 Å². The van der Waals surface area contributed by atoms with E-state index in [2.05, 4.69) is 24.1 Å². The number of benzene rings is 1. The molecule has 5 heteroatoms. The van der Waals surface area contributed by atoms with Gasteiger partial charge in [-0.15, -0.1) is 0 Å². The normalized spacial score (nSPS) is 40.0. The standard InChI is InChI=1S/C20H25NO4/c1-21-8-7-19-13-5-6-20(23-9-10-24-20)18(19)25-17-15(22-2)4-3-12(16(17)19)11-14(13)21/h3-4,13-14,18H,5-11H2,1-2H3/t13-,14?,18+,19-/m1/s1. The molecule has 25 heavy (non-hydrogen) atoms. The number of methoxy groups -OCH3 is 1. The third-order valence-corrected chi connectivity index (χ3v) is 7.58. The zero-order valence-electron chi connectivity index (χ0n) is 14.9. The molecule has 2 bridgehead atoms. The molecular formula is C20H25NO4. The van der Waals surface area contributed by atoms with E-state index in [-0.39, 0.29) is 11.5 Å². The number of hydrogen-bond acceptors (Lipinski definition) is 5. The highest BCUT2D eigenvalue weighted by molar-refractivity contribution is 5.61. The first-order chi connectivity index (χ1) is 12.2. The molecule has 0 radical (unpaired) electrons. The molecule has 3 aliphatic heterocycles. The molecular weight excluding hydrogens is 318 g/mol. The van der Waals surface area contributed by atoms with E-state index < -0.39 is 5.79 Å². The molecule has 4 atom stereocenters. The molecule has 0 amide bonds. The largest absolute Gasteiger partial charge is 0.493 e. The molecule has 6 rings (SSSR count). The third kappa shape index (κ3) is 1.57. The highest BCUT2D eigenvalue weighted by Crippen LogP contribution is 2.66. The highest BCUT2D eigenvalue weighted by Gasteiger charge is 2.71. The second-order valence-electron chi connectivity index (χ2n) is 8.33. The second kappa shape index (κ2) is 4.70. The Labute approximate surface area is 148 Å². The fourth-order valence-corrected chi connectivity index (χ4v) is 6.63. The Morgan fingerprint density at radius 2 is 2.04 bits per heavy atom. The van der Waals surface area contributed by atoms with Gasteiger partial charge in [0.15, 0.2) is 17.6 Å². The van der Waals surface area contributed by atoms with E-state index >= 15 is 0 Å².